The molecule has 1 heterocycles. The molecule has 5 nitrogen and oxygen atoms in total. The summed E-state index contributed by atoms with van der Waals surface area (Å²) in [5.41, 5.74) is 1.34. The van der Waals surface area contributed by atoms with Crippen molar-refractivity contribution in [3.63, 3.8) is 0 Å². The molecule has 1 aromatic heterocycles. The number of nitrogens with one attached hydrogen (secondary N) is 2. The Labute approximate surface area is 136 Å². The van der Waals surface area contributed by atoms with Gasteiger partial charge in [0.1, 0.15) is 11.6 Å². The van der Waals surface area contributed by atoms with E-state index in [0.717, 1.165) is 11.4 Å². The van der Waals surface area contributed by atoms with E-state index in [0.29, 0.717) is 17.9 Å². The van der Waals surface area contributed by atoms with E-state index >= 15 is 0 Å². The van der Waals surface area contributed by atoms with Crippen molar-refractivity contribution in [2.45, 2.75) is 20.0 Å². The second kappa shape index (κ2) is 7.98. The number of carbonyl (C=O) groups excluding carboxylic acids is 1. The van der Waals surface area contributed by atoms with E-state index in [1.807, 2.05) is 38.1 Å². The summed E-state index contributed by atoms with van der Waals surface area (Å²) in [4.78, 5) is 16.2. The number of ether oxygens (including phenoxy) is 1. The fourth-order valence-electron chi connectivity index (χ4n) is 1.97. The van der Waals surface area contributed by atoms with Gasteiger partial charge in [0.05, 0.1) is 11.8 Å². The van der Waals surface area contributed by atoms with Gasteiger partial charge < -0.3 is 15.4 Å². The lowest BCUT2D eigenvalue weighted by molar-refractivity contribution is 0.0958. The van der Waals surface area contributed by atoms with Crippen LogP contribution in [0.2, 0.25) is 0 Å². The fraction of sp³-hybridized carbons (Fsp3) is 0.222. The van der Waals surface area contributed by atoms with Crippen LogP contribution in [0.3, 0.4) is 0 Å². The van der Waals surface area contributed by atoms with Crippen molar-refractivity contribution in [2.75, 3.05) is 11.9 Å². The first-order valence-electron chi connectivity index (χ1n) is 7.48. The Bertz CT molecular complexity index is 683. The van der Waals surface area contributed by atoms with Crippen molar-refractivity contribution in [1.82, 2.24) is 10.3 Å². The predicted molar refractivity (Wildman–Crippen MR) is 92.3 cm³/mol. The lowest BCUT2D eigenvalue weighted by atomic mass is 10.2. The van der Waals surface area contributed by atoms with Gasteiger partial charge in [0.25, 0.3) is 5.91 Å². The van der Waals surface area contributed by atoms with Crippen LogP contribution in [0.5, 0.6) is 5.75 Å². The number of hydrogen-bond donors (Lipinski definition) is 2. The van der Waals surface area contributed by atoms with Crippen LogP contribution in [0.15, 0.2) is 55.3 Å². The second-order valence-electron chi connectivity index (χ2n) is 5.22. The third-order valence-corrected chi connectivity index (χ3v) is 2.94. The molecule has 0 fully saturated rings. The zero-order valence-electron chi connectivity index (χ0n) is 13.4. The molecule has 0 saturated carbocycles. The number of carbonyl (C=O) groups is 1. The Morgan fingerprint density at radius 2 is 2.13 bits per heavy atom. The highest BCUT2D eigenvalue weighted by Crippen LogP contribution is 2.27. The Balaban J connectivity index is 2.18. The normalized spacial score (nSPS) is 10.2. The maximum absolute atomic E-state index is 12.0. The molecule has 0 saturated heterocycles. The molecule has 2 aromatic rings. The van der Waals surface area contributed by atoms with Crippen molar-refractivity contribution >= 4 is 17.4 Å². The number of aromatic nitrogens is 1. The average molecular weight is 311 g/mol. The molecular formula is C18H21N3O2. The number of amides is 1. The third-order valence-electron chi connectivity index (χ3n) is 2.94. The van der Waals surface area contributed by atoms with Crippen LogP contribution in [0, 0.1) is 0 Å². The molecule has 0 aliphatic heterocycles. The number of rotatable bonds is 7. The Hall–Kier alpha value is -2.82. The Kier molecular flexibility index (Phi) is 5.74. The van der Waals surface area contributed by atoms with Crippen LogP contribution in [0.4, 0.5) is 11.5 Å². The smallest absolute Gasteiger partial charge is 0.251 e. The largest absolute Gasteiger partial charge is 0.489 e. The SMILES string of the molecule is C=CCNC(=O)c1ccnc(Nc2ccccc2OC(C)C)c1. The molecule has 0 radical (unpaired) electrons. The lowest BCUT2D eigenvalue weighted by Gasteiger charge is -2.15. The van der Waals surface area contributed by atoms with E-state index in [1.165, 1.54) is 0 Å². The Morgan fingerprint density at radius 3 is 2.87 bits per heavy atom. The van der Waals surface area contributed by atoms with Crippen molar-refractivity contribution in [3.8, 4) is 5.75 Å². The number of benzene rings is 1. The van der Waals surface area contributed by atoms with Crippen LogP contribution in [-0.4, -0.2) is 23.5 Å². The van der Waals surface area contributed by atoms with Gasteiger partial charge in [-0.3, -0.25) is 4.79 Å². The van der Waals surface area contributed by atoms with Gasteiger partial charge in [0, 0.05) is 18.3 Å². The molecule has 0 spiro atoms. The van der Waals surface area contributed by atoms with Gasteiger partial charge in [0.2, 0.25) is 0 Å². The van der Waals surface area contributed by atoms with E-state index < -0.39 is 0 Å². The molecule has 0 aliphatic carbocycles. The number of pyridine rings is 1. The van der Waals surface area contributed by atoms with Crippen LogP contribution in [0.1, 0.15) is 24.2 Å². The summed E-state index contributed by atoms with van der Waals surface area (Å²) < 4.78 is 5.77. The van der Waals surface area contributed by atoms with E-state index in [-0.39, 0.29) is 12.0 Å². The molecule has 23 heavy (non-hydrogen) atoms. The molecule has 1 aromatic carbocycles. The van der Waals surface area contributed by atoms with Gasteiger partial charge in [0.15, 0.2) is 0 Å². The van der Waals surface area contributed by atoms with E-state index in [9.17, 15) is 4.79 Å². The topological polar surface area (TPSA) is 63.2 Å². The minimum atomic E-state index is -0.165. The standard InChI is InChI=1S/C18H21N3O2/c1-4-10-20-18(22)14-9-11-19-17(12-14)21-15-7-5-6-8-16(15)23-13(2)3/h4-9,11-13H,1,10H2,2-3H3,(H,19,21)(H,20,22). The van der Waals surface area contributed by atoms with E-state index in [1.54, 1.807) is 24.4 Å². The second-order valence-corrected chi connectivity index (χ2v) is 5.22. The first-order chi connectivity index (χ1) is 11.1. The predicted octanol–water partition coefficient (Wildman–Crippen LogP) is 3.53. The molecule has 2 N–H and O–H groups in total. The van der Waals surface area contributed by atoms with Gasteiger partial charge >= 0.3 is 0 Å². The summed E-state index contributed by atoms with van der Waals surface area (Å²) in [6.07, 6.45) is 3.30. The summed E-state index contributed by atoms with van der Waals surface area (Å²) in [7, 11) is 0. The molecule has 0 bridgehead atoms. The summed E-state index contributed by atoms with van der Waals surface area (Å²) in [5.74, 6) is 1.16. The number of hydrogen-bond acceptors (Lipinski definition) is 4. The van der Waals surface area contributed by atoms with Crippen LogP contribution in [-0.2, 0) is 0 Å². The fourth-order valence-corrected chi connectivity index (χ4v) is 1.97. The zero-order chi connectivity index (χ0) is 16.7. The summed E-state index contributed by atoms with van der Waals surface area (Å²) in [6, 6.07) is 11.0. The number of nitrogens with zero attached hydrogens (tertiary/aromatic N) is 1. The minimum absolute atomic E-state index is 0.0712. The van der Waals surface area contributed by atoms with Gasteiger partial charge in [-0.1, -0.05) is 18.2 Å². The van der Waals surface area contributed by atoms with E-state index in [4.69, 9.17) is 4.74 Å². The first-order valence-corrected chi connectivity index (χ1v) is 7.48. The molecule has 5 heteroatoms. The molecule has 0 aliphatic rings. The Morgan fingerprint density at radius 1 is 1.35 bits per heavy atom. The molecule has 2 rings (SSSR count). The first kappa shape index (κ1) is 16.5. The number of anilines is 2. The van der Waals surface area contributed by atoms with E-state index in [2.05, 4.69) is 22.2 Å². The summed E-state index contributed by atoms with van der Waals surface area (Å²) in [6.45, 7) is 7.95. The average Bonchev–Trinajstić information content (AvgIpc) is 2.54. The van der Waals surface area contributed by atoms with Crippen LogP contribution >= 0.6 is 0 Å². The molecule has 1 amide bonds. The van der Waals surface area contributed by atoms with Gasteiger partial charge in [-0.15, -0.1) is 6.58 Å². The van der Waals surface area contributed by atoms with Crippen LogP contribution in [0.25, 0.3) is 0 Å². The monoisotopic (exact) mass is 311 g/mol. The van der Waals surface area contributed by atoms with Gasteiger partial charge in [-0.05, 0) is 38.1 Å². The highest BCUT2D eigenvalue weighted by Gasteiger charge is 2.09. The van der Waals surface area contributed by atoms with Gasteiger partial charge in [-0.2, -0.15) is 0 Å². The molecule has 0 unspecified atom stereocenters. The van der Waals surface area contributed by atoms with Crippen molar-refractivity contribution in [2.24, 2.45) is 0 Å². The van der Waals surface area contributed by atoms with Crippen molar-refractivity contribution < 1.29 is 9.53 Å². The quantitative estimate of drug-likeness (QED) is 0.768. The molecule has 120 valence electrons. The third kappa shape index (κ3) is 4.85. The summed E-state index contributed by atoms with van der Waals surface area (Å²) in [5, 5.41) is 5.93. The summed E-state index contributed by atoms with van der Waals surface area (Å²) >= 11 is 0. The highest BCUT2D eigenvalue weighted by molar-refractivity contribution is 5.95. The van der Waals surface area contributed by atoms with Crippen molar-refractivity contribution in [1.29, 1.82) is 0 Å². The molecule has 0 atom stereocenters. The van der Waals surface area contributed by atoms with Crippen molar-refractivity contribution in [3.05, 3.63) is 60.8 Å². The highest BCUT2D eigenvalue weighted by atomic mass is 16.5. The van der Waals surface area contributed by atoms with Crippen LogP contribution < -0.4 is 15.4 Å². The minimum Gasteiger partial charge on any atom is -0.489 e. The number of para-hydroxylation sites is 2. The van der Waals surface area contributed by atoms with Gasteiger partial charge in [-0.25, -0.2) is 4.98 Å². The maximum Gasteiger partial charge on any atom is 0.251 e. The zero-order valence-corrected chi connectivity index (χ0v) is 13.4. The maximum atomic E-state index is 12.0. The molecular weight excluding hydrogens is 290 g/mol. The lowest BCUT2D eigenvalue weighted by Crippen LogP contribution is -2.23.